The number of esters is 3. The van der Waals surface area contributed by atoms with Gasteiger partial charge in [0.05, 0.1) is 23.0 Å². The number of benzene rings is 3. The van der Waals surface area contributed by atoms with Crippen LogP contribution in [-0.2, 0) is 18.9 Å². The number of imidazole rings is 1. The molecule has 0 amide bonds. The summed E-state index contributed by atoms with van der Waals surface area (Å²) in [5.74, 6) is -1.83. The van der Waals surface area contributed by atoms with E-state index in [4.69, 9.17) is 24.7 Å². The van der Waals surface area contributed by atoms with E-state index in [2.05, 4.69) is 15.0 Å². The van der Waals surface area contributed by atoms with Crippen molar-refractivity contribution in [1.29, 1.82) is 0 Å². The van der Waals surface area contributed by atoms with Crippen LogP contribution in [-0.4, -0.2) is 62.3 Å². The van der Waals surface area contributed by atoms with Gasteiger partial charge in [0.15, 0.2) is 29.9 Å². The van der Waals surface area contributed by atoms with Gasteiger partial charge in [-0.3, -0.25) is 4.57 Å². The predicted octanol–water partition coefficient (Wildman–Crippen LogP) is 3.61. The van der Waals surface area contributed by atoms with Crippen molar-refractivity contribution in [2.75, 3.05) is 12.3 Å². The first-order valence-corrected chi connectivity index (χ1v) is 13.3. The molecule has 6 rings (SSSR count). The van der Waals surface area contributed by atoms with Crippen LogP contribution >= 0.6 is 0 Å². The van der Waals surface area contributed by atoms with E-state index in [0.29, 0.717) is 16.7 Å². The first-order chi connectivity index (χ1) is 21.0. The minimum absolute atomic E-state index is 0.139. The molecule has 2 aromatic heterocycles. The summed E-state index contributed by atoms with van der Waals surface area (Å²) in [5, 5.41) is 0. The Morgan fingerprint density at radius 3 is 1.84 bits per heavy atom. The number of carbonyl (C=O) groups excluding carboxylic acids is 3. The fraction of sp³-hybridized carbons (Fsp3) is 0.161. The van der Waals surface area contributed by atoms with Crippen LogP contribution in [0.4, 0.5) is 5.82 Å². The van der Waals surface area contributed by atoms with Gasteiger partial charge in [-0.1, -0.05) is 54.6 Å². The largest absolute Gasteiger partial charge is 0.459 e. The van der Waals surface area contributed by atoms with Crippen molar-refractivity contribution in [2.45, 2.75) is 24.5 Å². The number of nitrogens with two attached hydrogens (primary N) is 1. The second-order valence-electron chi connectivity index (χ2n) is 9.58. The fourth-order valence-corrected chi connectivity index (χ4v) is 4.74. The topological polar surface area (TPSA) is 158 Å². The van der Waals surface area contributed by atoms with Gasteiger partial charge in [-0.15, -0.1) is 0 Å². The Morgan fingerprint density at radius 2 is 1.26 bits per heavy atom. The van der Waals surface area contributed by atoms with E-state index in [-0.39, 0.29) is 23.6 Å². The molecule has 216 valence electrons. The van der Waals surface area contributed by atoms with Crippen LogP contribution in [0.15, 0.2) is 104 Å². The van der Waals surface area contributed by atoms with E-state index < -0.39 is 42.4 Å². The normalized spacial score (nSPS) is 19.5. The lowest BCUT2D eigenvalue weighted by molar-refractivity contribution is -0.0606. The summed E-state index contributed by atoms with van der Waals surface area (Å²) in [6.45, 7) is -0.319. The number of rotatable bonds is 8. The van der Waals surface area contributed by atoms with Crippen molar-refractivity contribution in [2.24, 2.45) is 0 Å². The first-order valence-electron chi connectivity index (χ1n) is 13.3. The maximum atomic E-state index is 13.3. The van der Waals surface area contributed by atoms with Gasteiger partial charge < -0.3 is 24.7 Å². The first kappa shape index (κ1) is 27.5. The Bertz CT molecular complexity index is 1750. The van der Waals surface area contributed by atoms with Crippen molar-refractivity contribution < 1.29 is 33.3 Å². The molecule has 0 spiro atoms. The van der Waals surface area contributed by atoms with Gasteiger partial charge in [0, 0.05) is 0 Å². The highest BCUT2D eigenvalue weighted by Crippen LogP contribution is 2.37. The number of fused-ring (bicyclic) bond motifs is 1. The van der Waals surface area contributed by atoms with Crippen LogP contribution in [0.25, 0.3) is 11.2 Å². The summed E-state index contributed by atoms with van der Waals surface area (Å²) in [7, 11) is 0. The molecule has 3 heterocycles. The lowest BCUT2D eigenvalue weighted by Crippen LogP contribution is -2.41. The number of anilines is 1. The lowest BCUT2D eigenvalue weighted by Gasteiger charge is -2.25. The maximum absolute atomic E-state index is 13.3. The standard InChI is InChI=1S/C31H25N5O7/c32-26-23-27(34-17-33-26)36(18-35-23)28-25(43-31(39)21-14-8-3-9-15-21)24(42-30(38)20-12-6-2-7-13-20)22(41-28)16-40-29(37)19-10-4-1-5-11-19/h1-15,17-18,22,24-25,28H,16H2,(H2,32,33,34)/t22-,24+,25?,28-/m0/s1. The lowest BCUT2D eigenvalue weighted by atomic mass is 10.1. The van der Waals surface area contributed by atoms with Gasteiger partial charge in [-0.25, -0.2) is 29.3 Å². The Hall–Kier alpha value is -5.62. The molecule has 0 bridgehead atoms. The van der Waals surface area contributed by atoms with Gasteiger partial charge in [0.1, 0.15) is 24.6 Å². The van der Waals surface area contributed by atoms with Crippen LogP contribution in [0.3, 0.4) is 0 Å². The van der Waals surface area contributed by atoms with Crippen LogP contribution in [0.1, 0.15) is 37.3 Å². The molecule has 0 aliphatic carbocycles. The SMILES string of the molecule is Nc1ncnc2c1ncn2[C@H]1O[C@@H](COC(=O)c2ccccc2)[C@@H](OC(=O)c2ccccc2)C1OC(=O)c1ccccc1. The molecule has 5 aromatic rings. The van der Waals surface area contributed by atoms with Crippen LogP contribution in [0.2, 0.25) is 0 Å². The highest BCUT2D eigenvalue weighted by Gasteiger charge is 2.51. The summed E-state index contributed by atoms with van der Waals surface area (Å²) in [4.78, 5) is 52.0. The molecule has 12 heteroatoms. The number of nitrogen functional groups attached to an aromatic ring is 1. The fourth-order valence-electron chi connectivity index (χ4n) is 4.74. The second kappa shape index (κ2) is 12.1. The van der Waals surface area contributed by atoms with Crippen molar-refractivity contribution in [3.05, 3.63) is 120 Å². The van der Waals surface area contributed by atoms with Gasteiger partial charge >= 0.3 is 17.9 Å². The highest BCUT2D eigenvalue weighted by molar-refractivity contribution is 5.91. The Kier molecular flexibility index (Phi) is 7.74. The molecule has 1 unspecified atom stereocenters. The Balaban J connectivity index is 1.37. The average molecular weight is 580 g/mol. The van der Waals surface area contributed by atoms with Crippen molar-refractivity contribution in [3.8, 4) is 0 Å². The molecular formula is C31H25N5O7. The molecule has 12 nitrogen and oxygen atoms in total. The summed E-state index contributed by atoms with van der Waals surface area (Å²) in [5.41, 5.74) is 7.48. The number of aromatic nitrogens is 4. The quantitative estimate of drug-likeness (QED) is 0.211. The van der Waals surface area contributed by atoms with E-state index in [0.717, 1.165) is 0 Å². The Morgan fingerprint density at radius 1 is 0.721 bits per heavy atom. The molecule has 1 aliphatic heterocycles. The Labute approximate surface area is 245 Å². The smallest absolute Gasteiger partial charge is 0.338 e. The van der Waals surface area contributed by atoms with Crippen molar-refractivity contribution >= 4 is 34.9 Å². The third-order valence-electron chi connectivity index (χ3n) is 6.84. The molecular weight excluding hydrogens is 554 g/mol. The maximum Gasteiger partial charge on any atom is 0.338 e. The summed E-state index contributed by atoms with van der Waals surface area (Å²) >= 11 is 0. The molecule has 3 aromatic carbocycles. The van der Waals surface area contributed by atoms with Crippen molar-refractivity contribution in [3.63, 3.8) is 0 Å². The third kappa shape index (κ3) is 5.76. The zero-order chi connectivity index (χ0) is 29.8. The van der Waals surface area contributed by atoms with E-state index in [1.54, 1.807) is 91.0 Å². The molecule has 1 fully saturated rings. The zero-order valence-corrected chi connectivity index (χ0v) is 22.6. The summed E-state index contributed by atoms with van der Waals surface area (Å²) in [6.07, 6.45) is -1.88. The zero-order valence-electron chi connectivity index (χ0n) is 22.6. The van der Waals surface area contributed by atoms with E-state index in [1.807, 2.05) is 0 Å². The van der Waals surface area contributed by atoms with Crippen LogP contribution in [0.5, 0.6) is 0 Å². The van der Waals surface area contributed by atoms with Gasteiger partial charge in [0.25, 0.3) is 0 Å². The van der Waals surface area contributed by atoms with E-state index >= 15 is 0 Å². The minimum Gasteiger partial charge on any atom is -0.459 e. The van der Waals surface area contributed by atoms with E-state index in [9.17, 15) is 14.4 Å². The molecule has 0 radical (unpaired) electrons. The number of hydrogen-bond acceptors (Lipinski definition) is 11. The predicted molar refractivity (Wildman–Crippen MR) is 152 cm³/mol. The second-order valence-corrected chi connectivity index (χ2v) is 9.58. The van der Waals surface area contributed by atoms with Gasteiger partial charge in [-0.05, 0) is 36.4 Å². The number of hydrogen-bond donors (Lipinski definition) is 1. The highest BCUT2D eigenvalue weighted by atomic mass is 16.7. The molecule has 0 saturated carbocycles. The number of ether oxygens (including phenoxy) is 4. The summed E-state index contributed by atoms with van der Waals surface area (Å²) in [6, 6.07) is 25.1. The molecule has 43 heavy (non-hydrogen) atoms. The molecule has 4 atom stereocenters. The third-order valence-corrected chi connectivity index (χ3v) is 6.84. The molecule has 1 saturated heterocycles. The molecule has 1 aliphatic rings. The van der Waals surface area contributed by atoms with E-state index in [1.165, 1.54) is 17.2 Å². The molecule has 2 N–H and O–H groups in total. The summed E-state index contributed by atoms with van der Waals surface area (Å²) < 4.78 is 25.3. The van der Waals surface area contributed by atoms with Gasteiger partial charge in [0.2, 0.25) is 0 Å². The minimum atomic E-state index is -1.21. The number of carbonyl (C=O) groups is 3. The number of nitrogens with zero attached hydrogens (tertiary/aromatic N) is 4. The van der Waals surface area contributed by atoms with Crippen LogP contribution in [0, 0.1) is 0 Å². The van der Waals surface area contributed by atoms with Crippen molar-refractivity contribution in [1.82, 2.24) is 19.5 Å². The average Bonchev–Trinajstić information content (AvgIpc) is 3.63. The van der Waals surface area contributed by atoms with Gasteiger partial charge in [-0.2, -0.15) is 0 Å². The van der Waals surface area contributed by atoms with Crippen LogP contribution < -0.4 is 5.73 Å². The monoisotopic (exact) mass is 579 g/mol.